The second-order valence-electron chi connectivity index (χ2n) is 6.40. The Hall–Kier alpha value is -2.26. The van der Waals surface area contributed by atoms with Gasteiger partial charge >= 0.3 is 0 Å². The Bertz CT molecular complexity index is 936. The number of thiol groups is 1. The van der Waals surface area contributed by atoms with E-state index in [2.05, 4.69) is 27.5 Å². The zero-order valence-electron chi connectivity index (χ0n) is 14.5. The van der Waals surface area contributed by atoms with Gasteiger partial charge in [0.25, 0.3) is 5.91 Å². The van der Waals surface area contributed by atoms with Gasteiger partial charge in [0.15, 0.2) is 0 Å². The summed E-state index contributed by atoms with van der Waals surface area (Å²) in [6.07, 6.45) is 3.85. The molecule has 140 valence electrons. The van der Waals surface area contributed by atoms with Gasteiger partial charge in [-0.15, -0.1) is 24.0 Å². The van der Waals surface area contributed by atoms with Crippen molar-refractivity contribution in [2.24, 2.45) is 0 Å². The zero-order valence-corrected chi connectivity index (χ0v) is 16.2. The highest BCUT2D eigenvalue weighted by atomic mass is 32.1. The van der Waals surface area contributed by atoms with Crippen LogP contribution in [0.3, 0.4) is 0 Å². The molecular formula is C18H18FN5OS2. The number of carbonyl (C=O) groups excluding carboxylic acids is 1. The number of hydrogen-bond donors (Lipinski definition) is 2. The summed E-state index contributed by atoms with van der Waals surface area (Å²) in [6, 6.07) is 3.51. The topological polar surface area (TPSA) is 73.2 Å². The molecule has 1 fully saturated rings. The molecule has 6 nitrogen and oxygen atoms in total. The molecule has 2 aromatic heterocycles. The summed E-state index contributed by atoms with van der Waals surface area (Å²) in [5.41, 5.74) is 1.41. The summed E-state index contributed by atoms with van der Waals surface area (Å²) >= 11 is 5.23. The predicted octanol–water partition coefficient (Wildman–Crippen LogP) is 3.36. The summed E-state index contributed by atoms with van der Waals surface area (Å²) in [5, 5.41) is 9.31. The van der Waals surface area contributed by atoms with Crippen molar-refractivity contribution in [1.82, 2.24) is 14.9 Å². The van der Waals surface area contributed by atoms with Crippen molar-refractivity contribution in [2.75, 3.05) is 24.5 Å². The van der Waals surface area contributed by atoms with Crippen molar-refractivity contribution in [3.63, 3.8) is 0 Å². The van der Waals surface area contributed by atoms with Gasteiger partial charge < -0.3 is 15.2 Å². The predicted molar refractivity (Wildman–Crippen MR) is 107 cm³/mol. The lowest BCUT2D eigenvalue weighted by atomic mass is 10.1. The molecule has 1 N–H and O–H groups in total. The minimum Gasteiger partial charge on any atom is -0.357 e. The van der Waals surface area contributed by atoms with Crippen molar-refractivity contribution in [1.29, 1.82) is 5.41 Å². The molecule has 4 heterocycles. The van der Waals surface area contributed by atoms with Crippen LogP contribution in [0, 0.1) is 11.4 Å². The lowest BCUT2D eigenvalue weighted by molar-refractivity contribution is 0.0805. The maximum Gasteiger partial charge on any atom is 0.270 e. The number of hydrogen-bond acceptors (Lipinski definition) is 7. The number of carbonyl (C=O) groups is 1. The molecule has 0 radical (unpaired) electrons. The van der Waals surface area contributed by atoms with E-state index < -0.39 is 5.95 Å². The van der Waals surface area contributed by atoms with Crippen molar-refractivity contribution >= 4 is 41.9 Å². The van der Waals surface area contributed by atoms with Crippen molar-refractivity contribution < 1.29 is 9.18 Å². The Labute approximate surface area is 165 Å². The molecule has 4 rings (SSSR count). The molecule has 2 aromatic rings. The minimum absolute atomic E-state index is 0.231. The van der Waals surface area contributed by atoms with Gasteiger partial charge in [-0.2, -0.15) is 4.39 Å². The van der Waals surface area contributed by atoms with E-state index in [-0.39, 0.29) is 5.91 Å². The first-order valence-corrected chi connectivity index (χ1v) is 10.0. The van der Waals surface area contributed by atoms with E-state index in [1.807, 2.05) is 6.07 Å². The largest absolute Gasteiger partial charge is 0.357 e. The molecule has 1 amide bonds. The summed E-state index contributed by atoms with van der Waals surface area (Å²) < 4.78 is 14.6. The van der Waals surface area contributed by atoms with Gasteiger partial charge in [0.2, 0.25) is 5.95 Å². The fourth-order valence-corrected chi connectivity index (χ4v) is 4.67. The summed E-state index contributed by atoms with van der Waals surface area (Å²) in [5.74, 6) is -0.150. The second kappa shape index (κ2) is 7.40. The first kappa shape index (κ1) is 18.1. The Kier molecular flexibility index (Phi) is 4.96. The molecule has 27 heavy (non-hydrogen) atoms. The number of pyridine rings is 1. The van der Waals surface area contributed by atoms with Crippen LogP contribution < -0.4 is 4.90 Å². The maximum atomic E-state index is 14.6. The van der Waals surface area contributed by atoms with Crippen molar-refractivity contribution in [3.8, 4) is 10.6 Å². The van der Waals surface area contributed by atoms with Crippen LogP contribution in [0.25, 0.3) is 10.6 Å². The van der Waals surface area contributed by atoms with E-state index in [1.165, 1.54) is 21.6 Å². The normalized spacial score (nSPS) is 17.4. The molecule has 2 aliphatic heterocycles. The van der Waals surface area contributed by atoms with E-state index >= 15 is 0 Å². The third-order valence-corrected chi connectivity index (χ3v) is 6.18. The molecule has 0 aliphatic carbocycles. The number of rotatable bonds is 4. The molecule has 0 spiro atoms. The van der Waals surface area contributed by atoms with Crippen LogP contribution in [-0.2, 0) is 6.42 Å². The SMILES string of the molecule is N=C/C(=C\S)N1CCc2nc(-c3ccc(N4CCCC4)nc3F)sc2C1=O. The van der Waals surface area contributed by atoms with Gasteiger partial charge in [0, 0.05) is 32.3 Å². The Morgan fingerprint density at radius 2 is 2.04 bits per heavy atom. The smallest absolute Gasteiger partial charge is 0.270 e. The number of fused-ring (bicyclic) bond motifs is 1. The lowest BCUT2D eigenvalue weighted by Gasteiger charge is -2.25. The van der Waals surface area contributed by atoms with E-state index in [0.29, 0.717) is 45.6 Å². The van der Waals surface area contributed by atoms with Crippen LogP contribution in [-0.4, -0.2) is 46.6 Å². The van der Waals surface area contributed by atoms with Gasteiger partial charge in [0.05, 0.1) is 17.0 Å². The fourth-order valence-electron chi connectivity index (χ4n) is 3.38. The third-order valence-electron chi connectivity index (χ3n) is 4.80. The molecule has 0 bridgehead atoms. The quantitative estimate of drug-likeness (QED) is 0.466. The maximum absolute atomic E-state index is 14.6. The Balaban J connectivity index is 1.65. The molecule has 2 aliphatic rings. The van der Waals surface area contributed by atoms with E-state index in [9.17, 15) is 9.18 Å². The first-order valence-electron chi connectivity index (χ1n) is 8.70. The van der Waals surface area contributed by atoms with Crippen LogP contribution in [0.2, 0.25) is 0 Å². The summed E-state index contributed by atoms with van der Waals surface area (Å²) in [4.78, 5) is 25.4. The van der Waals surface area contributed by atoms with Crippen LogP contribution in [0.15, 0.2) is 23.2 Å². The molecular weight excluding hydrogens is 385 g/mol. The number of amides is 1. The molecule has 0 saturated carbocycles. The molecule has 0 atom stereocenters. The average Bonchev–Trinajstić information content (AvgIpc) is 3.34. The molecule has 9 heteroatoms. The monoisotopic (exact) mass is 403 g/mol. The highest BCUT2D eigenvalue weighted by Crippen LogP contribution is 2.34. The number of nitrogens with one attached hydrogen (secondary N) is 1. The van der Waals surface area contributed by atoms with Crippen molar-refractivity contribution in [2.45, 2.75) is 19.3 Å². The number of anilines is 1. The minimum atomic E-state index is -0.565. The van der Waals surface area contributed by atoms with Crippen LogP contribution in [0.5, 0.6) is 0 Å². The Morgan fingerprint density at radius 3 is 2.70 bits per heavy atom. The number of halogens is 1. The number of allylic oxidation sites excluding steroid dienone is 1. The van der Waals surface area contributed by atoms with Gasteiger partial charge in [-0.1, -0.05) is 0 Å². The Morgan fingerprint density at radius 1 is 1.26 bits per heavy atom. The number of nitrogens with zero attached hydrogens (tertiary/aromatic N) is 4. The summed E-state index contributed by atoms with van der Waals surface area (Å²) in [6.45, 7) is 2.22. The molecule has 0 aromatic carbocycles. The zero-order chi connectivity index (χ0) is 19.0. The van der Waals surface area contributed by atoms with Gasteiger partial charge in [-0.3, -0.25) is 4.79 Å². The number of aromatic nitrogens is 2. The molecule has 1 saturated heterocycles. The second-order valence-corrected chi connectivity index (χ2v) is 7.66. The lowest BCUT2D eigenvalue weighted by Crippen LogP contribution is -2.36. The van der Waals surface area contributed by atoms with Crippen LogP contribution in [0.4, 0.5) is 10.2 Å². The highest BCUT2D eigenvalue weighted by Gasteiger charge is 2.30. The van der Waals surface area contributed by atoms with Crippen LogP contribution >= 0.6 is 24.0 Å². The van der Waals surface area contributed by atoms with Crippen LogP contribution in [0.1, 0.15) is 28.2 Å². The van der Waals surface area contributed by atoms with Crippen molar-refractivity contribution in [3.05, 3.63) is 39.8 Å². The van der Waals surface area contributed by atoms with E-state index in [4.69, 9.17) is 5.41 Å². The van der Waals surface area contributed by atoms with E-state index in [1.54, 1.807) is 6.07 Å². The number of thiazole rings is 1. The van der Waals surface area contributed by atoms with Gasteiger partial charge in [-0.05, 0) is 30.4 Å². The van der Waals surface area contributed by atoms with E-state index in [0.717, 1.165) is 32.1 Å². The van der Waals surface area contributed by atoms with Gasteiger partial charge in [0.1, 0.15) is 15.7 Å². The third kappa shape index (κ3) is 3.25. The first-order chi connectivity index (χ1) is 13.1. The highest BCUT2D eigenvalue weighted by molar-refractivity contribution is 7.83. The van der Waals surface area contributed by atoms with Gasteiger partial charge in [-0.25, -0.2) is 9.97 Å². The summed E-state index contributed by atoms with van der Waals surface area (Å²) in [7, 11) is 0. The fraction of sp³-hybridized carbons (Fsp3) is 0.333. The standard InChI is InChI=1S/C18H18FN5OS2/c19-16-12(3-4-14(22-16)23-6-1-2-7-23)17-21-13-5-8-24(11(9-20)10-26)18(25)15(13)27-17/h3-4,9-10,20,26H,1-2,5-8H2/b11-10+,20-9?. The molecule has 0 unspecified atom stereocenters. The average molecular weight is 404 g/mol.